The van der Waals surface area contributed by atoms with E-state index in [1.807, 2.05) is 0 Å². The highest BCUT2D eigenvalue weighted by atomic mass is 79.9. The number of hydrogen-bond acceptors (Lipinski definition) is 2. The van der Waals surface area contributed by atoms with Crippen molar-refractivity contribution in [2.24, 2.45) is 0 Å². The van der Waals surface area contributed by atoms with Crippen LogP contribution in [0.15, 0.2) is 18.2 Å². The zero-order valence-corrected chi connectivity index (χ0v) is 11.0. The molecule has 0 radical (unpaired) electrons. The molecule has 94 valence electrons. The largest absolute Gasteiger partial charge is 0.493 e. The van der Waals surface area contributed by atoms with Crippen LogP contribution in [-0.4, -0.2) is 17.7 Å². The number of Topliss-reactive ketones (excluding diaryl/α,β-unsaturated/α-hetero) is 1. The first-order chi connectivity index (χ1) is 8.08. The van der Waals surface area contributed by atoms with Crippen LogP contribution < -0.4 is 4.74 Å². The number of ketones is 1. The average Bonchev–Trinajstić information content (AvgIpc) is 2.29. The molecule has 1 aromatic carbocycles. The Labute approximate surface area is 107 Å². The lowest BCUT2D eigenvalue weighted by Crippen LogP contribution is -2.05. The van der Waals surface area contributed by atoms with Crippen LogP contribution in [0.1, 0.15) is 24.5 Å². The smallest absolute Gasteiger partial charge is 0.267 e. The molecule has 1 rings (SSSR count). The van der Waals surface area contributed by atoms with Crippen molar-refractivity contribution in [1.29, 1.82) is 0 Å². The molecule has 0 unspecified atom stereocenters. The minimum absolute atomic E-state index is 0.00255. The van der Waals surface area contributed by atoms with Gasteiger partial charge in [0, 0.05) is 6.42 Å². The summed E-state index contributed by atoms with van der Waals surface area (Å²) in [5.74, 6) is 0.152. The van der Waals surface area contributed by atoms with E-state index in [-0.39, 0.29) is 28.8 Å². The second kappa shape index (κ2) is 6.69. The van der Waals surface area contributed by atoms with Gasteiger partial charge in [0.05, 0.1) is 17.5 Å². The lowest BCUT2D eigenvalue weighted by atomic mass is 10.1. The van der Waals surface area contributed by atoms with E-state index in [4.69, 9.17) is 4.74 Å². The van der Waals surface area contributed by atoms with Gasteiger partial charge in [0.25, 0.3) is 6.43 Å². The maximum Gasteiger partial charge on any atom is 0.267 e. The highest BCUT2D eigenvalue weighted by molar-refractivity contribution is 9.09. The van der Waals surface area contributed by atoms with Gasteiger partial charge in [0.1, 0.15) is 11.5 Å². The number of hydrogen-bond donors (Lipinski definition) is 0. The summed E-state index contributed by atoms with van der Waals surface area (Å²) in [5.41, 5.74) is 0.546. The molecule has 1 aromatic rings. The van der Waals surface area contributed by atoms with Crippen LogP contribution in [0.3, 0.4) is 0 Å². The van der Waals surface area contributed by atoms with Crippen molar-refractivity contribution in [2.75, 3.05) is 11.9 Å². The molecule has 0 bridgehead atoms. The molecule has 0 spiro atoms. The zero-order chi connectivity index (χ0) is 12.8. The summed E-state index contributed by atoms with van der Waals surface area (Å²) in [4.78, 5) is 11.2. The van der Waals surface area contributed by atoms with Gasteiger partial charge in [-0.2, -0.15) is 0 Å². The molecule has 0 amide bonds. The summed E-state index contributed by atoms with van der Waals surface area (Å²) < 4.78 is 30.5. The molecule has 0 saturated carbocycles. The first-order valence-electron chi connectivity index (χ1n) is 5.20. The summed E-state index contributed by atoms with van der Waals surface area (Å²) in [6.07, 6.45) is -2.35. The summed E-state index contributed by atoms with van der Waals surface area (Å²) in [7, 11) is 0. The molecule has 0 fully saturated rings. The van der Waals surface area contributed by atoms with Crippen LogP contribution in [0.5, 0.6) is 5.75 Å². The monoisotopic (exact) mass is 306 g/mol. The first kappa shape index (κ1) is 14.1. The fourth-order valence-electron chi connectivity index (χ4n) is 1.42. The Kier molecular flexibility index (Phi) is 5.55. The van der Waals surface area contributed by atoms with Gasteiger partial charge >= 0.3 is 0 Å². The molecule has 5 heteroatoms. The Balaban J connectivity index is 2.96. The quantitative estimate of drug-likeness (QED) is 0.752. The van der Waals surface area contributed by atoms with Gasteiger partial charge in [-0.05, 0) is 24.6 Å². The fraction of sp³-hybridized carbons (Fsp3) is 0.417. The Morgan fingerprint density at radius 3 is 2.71 bits per heavy atom. The summed E-state index contributed by atoms with van der Waals surface area (Å²) in [6, 6.07) is 4.35. The van der Waals surface area contributed by atoms with E-state index in [9.17, 15) is 13.6 Å². The van der Waals surface area contributed by atoms with Gasteiger partial charge < -0.3 is 4.74 Å². The SMILES string of the molecule is CCOc1cc(CC(=O)CBr)ccc1C(F)F. The number of carbonyl (C=O) groups excluding carboxylic acids is 1. The molecule has 0 aliphatic rings. The van der Waals surface area contributed by atoms with Crippen molar-refractivity contribution < 1.29 is 18.3 Å². The van der Waals surface area contributed by atoms with Crippen molar-refractivity contribution in [1.82, 2.24) is 0 Å². The first-order valence-corrected chi connectivity index (χ1v) is 6.32. The Morgan fingerprint density at radius 1 is 1.47 bits per heavy atom. The van der Waals surface area contributed by atoms with E-state index in [1.54, 1.807) is 6.92 Å². The zero-order valence-electron chi connectivity index (χ0n) is 9.38. The predicted octanol–water partition coefficient (Wildman–Crippen LogP) is 3.53. The second-order valence-electron chi connectivity index (χ2n) is 3.45. The highest BCUT2D eigenvalue weighted by Gasteiger charge is 2.15. The Bertz CT molecular complexity index is 394. The number of alkyl halides is 3. The standard InChI is InChI=1S/C12H13BrF2O2/c1-2-17-11-6-8(5-9(16)7-13)3-4-10(11)12(14)15/h3-4,6,12H,2,5,7H2,1H3. The minimum Gasteiger partial charge on any atom is -0.493 e. The van der Waals surface area contributed by atoms with Crippen molar-refractivity contribution in [2.45, 2.75) is 19.8 Å². The Hall–Kier alpha value is -0.970. The molecule has 0 aliphatic heterocycles. The van der Waals surface area contributed by atoms with E-state index < -0.39 is 6.43 Å². The molecule has 0 N–H and O–H groups in total. The number of ether oxygens (including phenoxy) is 1. The van der Waals surface area contributed by atoms with Crippen LogP contribution in [0.2, 0.25) is 0 Å². The number of rotatable bonds is 6. The molecule has 0 atom stereocenters. The van der Waals surface area contributed by atoms with E-state index in [2.05, 4.69) is 15.9 Å². The van der Waals surface area contributed by atoms with Crippen LogP contribution in [0.4, 0.5) is 8.78 Å². The third-order valence-electron chi connectivity index (χ3n) is 2.16. The molecule has 2 nitrogen and oxygen atoms in total. The predicted molar refractivity (Wildman–Crippen MR) is 65.1 cm³/mol. The van der Waals surface area contributed by atoms with Gasteiger partial charge in [0.2, 0.25) is 0 Å². The van der Waals surface area contributed by atoms with Gasteiger partial charge in [-0.3, -0.25) is 4.79 Å². The second-order valence-corrected chi connectivity index (χ2v) is 4.02. The maximum atomic E-state index is 12.7. The van der Waals surface area contributed by atoms with Gasteiger partial charge in [0.15, 0.2) is 0 Å². The van der Waals surface area contributed by atoms with Gasteiger partial charge in [-0.15, -0.1) is 0 Å². The number of halogens is 3. The van der Waals surface area contributed by atoms with Crippen LogP contribution in [0.25, 0.3) is 0 Å². The van der Waals surface area contributed by atoms with Crippen molar-refractivity contribution in [3.63, 3.8) is 0 Å². The van der Waals surface area contributed by atoms with E-state index in [0.717, 1.165) is 0 Å². The summed E-state index contributed by atoms with van der Waals surface area (Å²) in [5, 5.41) is 0.258. The lowest BCUT2D eigenvalue weighted by molar-refractivity contribution is -0.115. The van der Waals surface area contributed by atoms with Crippen LogP contribution in [-0.2, 0) is 11.2 Å². The van der Waals surface area contributed by atoms with E-state index in [0.29, 0.717) is 12.2 Å². The van der Waals surface area contributed by atoms with Crippen molar-refractivity contribution >= 4 is 21.7 Å². The van der Waals surface area contributed by atoms with Gasteiger partial charge in [-0.25, -0.2) is 8.78 Å². The molecule has 0 saturated heterocycles. The molecule has 0 aliphatic carbocycles. The molecular formula is C12H13BrF2O2. The lowest BCUT2D eigenvalue weighted by Gasteiger charge is -2.11. The summed E-state index contributed by atoms with van der Waals surface area (Å²) in [6.45, 7) is 2.04. The molecular weight excluding hydrogens is 294 g/mol. The third kappa shape index (κ3) is 4.07. The average molecular weight is 307 g/mol. The third-order valence-corrected chi connectivity index (χ3v) is 2.79. The number of carbonyl (C=O) groups is 1. The molecule has 0 heterocycles. The minimum atomic E-state index is -2.57. The van der Waals surface area contributed by atoms with Crippen molar-refractivity contribution in [3.8, 4) is 5.75 Å². The van der Waals surface area contributed by atoms with Gasteiger partial charge in [-0.1, -0.05) is 22.0 Å². The molecule has 0 aromatic heterocycles. The topological polar surface area (TPSA) is 26.3 Å². The maximum absolute atomic E-state index is 12.7. The van der Waals surface area contributed by atoms with Crippen LogP contribution >= 0.6 is 15.9 Å². The molecule has 17 heavy (non-hydrogen) atoms. The number of benzene rings is 1. The van der Waals surface area contributed by atoms with E-state index in [1.165, 1.54) is 18.2 Å². The van der Waals surface area contributed by atoms with Crippen LogP contribution in [0, 0.1) is 0 Å². The van der Waals surface area contributed by atoms with Crippen molar-refractivity contribution in [3.05, 3.63) is 29.3 Å². The Morgan fingerprint density at radius 2 is 2.18 bits per heavy atom. The van der Waals surface area contributed by atoms with E-state index >= 15 is 0 Å². The highest BCUT2D eigenvalue weighted by Crippen LogP contribution is 2.30. The summed E-state index contributed by atoms with van der Waals surface area (Å²) >= 11 is 3.06. The fourth-order valence-corrected chi connectivity index (χ4v) is 1.62. The normalized spacial score (nSPS) is 10.6.